The number of carbonyl (C=O) groups is 1. The number of carboxylic acid groups (broad SMARTS) is 1. The summed E-state index contributed by atoms with van der Waals surface area (Å²) in [6.45, 7) is 5.35. The first-order chi connectivity index (χ1) is 15.7. The number of aryl methyl sites for hydroxylation is 1. The number of rotatable bonds is 6. The maximum absolute atomic E-state index is 11.5. The standard InChI is InChI=1S/C24H21ClN6O2/c1-14-9-17(11-18(25)28-14)20-21(16-6-4-5-15(10-16)12-26)30-31-8-7-19(29-22(20)31)27-13-24(2,3)23(32)33/h4-11H,13H2,1-3H3,(H,27,29)(H,32,33). The van der Waals surface area contributed by atoms with Gasteiger partial charge in [0, 0.05) is 24.0 Å². The molecule has 0 aliphatic heterocycles. The molecule has 4 aromatic rings. The average molecular weight is 461 g/mol. The zero-order chi connectivity index (χ0) is 23.8. The third-order valence-corrected chi connectivity index (χ3v) is 5.45. The average Bonchev–Trinajstić information content (AvgIpc) is 3.16. The van der Waals surface area contributed by atoms with Crippen LogP contribution in [-0.2, 0) is 4.79 Å². The molecule has 0 aliphatic carbocycles. The van der Waals surface area contributed by atoms with Crippen LogP contribution in [0.15, 0.2) is 48.7 Å². The molecule has 3 aromatic heterocycles. The molecule has 4 rings (SSSR count). The molecule has 0 fully saturated rings. The zero-order valence-corrected chi connectivity index (χ0v) is 19.1. The van der Waals surface area contributed by atoms with Crippen molar-refractivity contribution >= 4 is 29.0 Å². The number of nitrogens with one attached hydrogen (secondary N) is 1. The quantitative estimate of drug-likeness (QED) is 0.396. The normalized spacial score (nSPS) is 11.4. The lowest BCUT2D eigenvalue weighted by molar-refractivity contribution is -0.146. The summed E-state index contributed by atoms with van der Waals surface area (Å²) in [7, 11) is 0. The summed E-state index contributed by atoms with van der Waals surface area (Å²) >= 11 is 6.26. The maximum Gasteiger partial charge on any atom is 0.310 e. The fraction of sp³-hybridized carbons (Fsp3) is 0.208. The molecule has 0 amide bonds. The van der Waals surface area contributed by atoms with Crippen molar-refractivity contribution in [3.8, 4) is 28.5 Å². The maximum atomic E-state index is 11.5. The van der Waals surface area contributed by atoms with Gasteiger partial charge in [0.15, 0.2) is 5.65 Å². The van der Waals surface area contributed by atoms with E-state index in [4.69, 9.17) is 21.7 Å². The second-order valence-electron chi connectivity index (χ2n) is 8.36. The second-order valence-corrected chi connectivity index (χ2v) is 8.75. The van der Waals surface area contributed by atoms with Gasteiger partial charge in [-0.3, -0.25) is 4.79 Å². The monoisotopic (exact) mass is 460 g/mol. The molecule has 8 nitrogen and oxygen atoms in total. The van der Waals surface area contributed by atoms with Gasteiger partial charge in [0.1, 0.15) is 16.7 Å². The van der Waals surface area contributed by atoms with Gasteiger partial charge < -0.3 is 10.4 Å². The fourth-order valence-electron chi connectivity index (χ4n) is 3.39. The molecule has 0 aliphatic rings. The van der Waals surface area contributed by atoms with E-state index < -0.39 is 11.4 Å². The summed E-state index contributed by atoms with van der Waals surface area (Å²) in [4.78, 5) is 20.4. The van der Waals surface area contributed by atoms with Crippen molar-refractivity contribution in [3.05, 3.63) is 65.1 Å². The topological polar surface area (TPSA) is 116 Å². The van der Waals surface area contributed by atoms with Gasteiger partial charge in [-0.05, 0) is 56.7 Å². The molecule has 2 N–H and O–H groups in total. The van der Waals surface area contributed by atoms with Crippen molar-refractivity contribution in [1.82, 2.24) is 19.6 Å². The Morgan fingerprint density at radius 3 is 2.70 bits per heavy atom. The Hall–Kier alpha value is -3.96. The van der Waals surface area contributed by atoms with Crippen LogP contribution in [0.1, 0.15) is 25.1 Å². The molecular formula is C24H21ClN6O2. The second kappa shape index (κ2) is 8.52. The van der Waals surface area contributed by atoms with Crippen molar-refractivity contribution in [2.45, 2.75) is 20.8 Å². The lowest BCUT2D eigenvalue weighted by Gasteiger charge is -2.19. The highest BCUT2D eigenvalue weighted by Crippen LogP contribution is 2.36. The van der Waals surface area contributed by atoms with Crippen molar-refractivity contribution in [3.63, 3.8) is 0 Å². The third kappa shape index (κ3) is 4.49. The number of halogens is 1. The molecule has 0 saturated carbocycles. The first-order valence-electron chi connectivity index (χ1n) is 10.2. The van der Waals surface area contributed by atoms with Gasteiger partial charge in [0.2, 0.25) is 0 Å². The van der Waals surface area contributed by atoms with Crippen molar-refractivity contribution in [1.29, 1.82) is 5.26 Å². The summed E-state index contributed by atoms with van der Waals surface area (Å²) < 4.78 is 1.65. The van der Waals surface area contributed by atoms with Crippen LogP contribution in [-0.4, -0.2) is 37.2 Å². The SMILES string of the molecule is Cc1cc(-c2c(-c3cccc(C#N)c3)nn3ccc(NCC(C)(C)C(=O)O)nc23)cc(Cl)n1. The molecule has 3 heterocycles. The van der Waals surface area contributed by atoms with Crippen LogP contribution < -0.4 is 5.32 Å². The molecule has 0 bridgehead atoms. The lowest BCUT2D eigenvalue weighted by atomic mass is 9.94. The van der Waals surface area contributed by atoms with Gasteiger partial charge in [-0.25, -0.2) is 14.5 Å². The number of anilines is 1. The Bertz CT molecular complexity index is 1400. The van der Waals surface area contributed by atoms with Crippen LogP contribution in [0, 0.1) is 23.7 Å². The first-order valence-corrected chi connectivity index (χ1v) is 10.6. The van der Waals surface area contributed by atoms with Crippen LogP contribution in [0.4, 0.5) is 5.82 Å². The van der Waals surface area contributed by atoms with Crippen LogP contribution >= 0.6 is 11.6 Å². The van der Waals surface area contributed by atoms with Gasteiger partial charge in [0.25, 0.3) is 0 Å². The van der Waals surface area contributed by atoms with E-state index >= 15 is 0 Å². The van der Waals surface area contributed by atoms with E-state index in [-0.39, 0.29) is 6.54 Å². The number of hydrogen-bond donors (Lipinski definition) is 2. The molecule has 1 aromatic carbocycles. The molecule has 0 radical (unpaired) electrons. The van der Waals surface area contributed by atoms with Crippen LogP contribution in [0.25, 0.3) is 28.0 Å². The van der Waals surface area contributed by atoms with E-state index in [1.165, 1.54) is 0 Å². The summed E-state index contributed by atoms with van der Waals surface area (Å²) in [6, 6.07) is 14.7. The predicted molar refractivity (Wildman–Crippen MR) is 126 cm³/mol. The zero-order valence-electron chi connectivity index (χ0n) is 18.3. The molecule has 0 saturated heterocycles. The number of aliphatic carboxylic acids is 1. The largest absolute Gasteiger partial charge is 0.481 e. The third-order valence-electron chi connectivity index (χ3n) is 5.25. The Morgan fingerprint density at radius 1 is 1.21 bits per heavy atom. The number of nitrogens with zero attached hydrogens (tertiary/aromatic N) is 5. The minimum absolute atomic E-state index is 0.201. The highest BCUT2D eigenvalue weighted by Gasteiger charge is 2.27. The van der Waals surface area contributed by atoms with E-state index in [0.29, 0.717) is 27.9 Å². The summed E-state index contributed by atoms with van der Waals surface area (Å²) in [5.74, 6) is -0.380. The molecule has 0 atom stereocenters. The van der Waals surface area contributed by atoms with E-state index in [1.807, 2.05) is 19.1 Å². The van der Waals surface area contributed by atoms with Gasteiger partial charge in [-0.1, -0.05) is 23.7 Å². The van der Waals surface area contributed by atoms with Crippen molar-refractivity contribution < 1.29 is 9.90 Å². The highest BCUT2D eigenvalue weighted by atomic mass is 35.5. The molecule has 33 heavy (non-hydrogen) atoms. The Labute approximate surface area is 195 Å². The van der Waals surface area contributed by atoms with E-state index in [2.05, 4.69) is 16.4 Å². The number of pyridine rings is 1. The Kier molecular flexibility index (Phi) is 5.75. The Morgan fingerprint density at radius 2 is 2.00 bits per heavy atom. The van der Waals surface area contributed by atoms with Crippen LogP contribution in [0.3, 0.4) is 0 Å². The summed E-state index contributed by atoms with van der Waals surface area (Å²) in [5, 5.41) is 26.9. The van der Waals surface area contributed by atoms with Crippen molar-refractivity contribution in [2.24, 2.45) is 5.41 Å². The van der Waals surface area contributed by atoms with Gasteiger partial charge in [-0.2, -0.15) is 10.4 Å². The minimum Gasteiger partial charge on any atom is -0.481 e. The van der Waals surface area contributed by atoms with Gasteiger partial charge >= 0.3 is 5.97 Å². The van der Waals surface area contributed by atoms with Crippen LogP contribution in [0.2, 0.25) is 5.15 Å². The number of carboxylic acids is 1. The molecule has 9 heteroatoms. The number of fused-ring (bicyclic) bond motifs is 1. The predicted octanol–water partition coefficient (Wildman–Crippen LogP) is 4.81. The summed E-state index contributed by atoms with van der Waals surface area (Å²) in [5.41, 5.74) is 3.79. The molecular weight excluding hydrogens is 440 g/mol. The number of hydrogen-bond acceptors (Lipinski definition) is 6. The molecule has 0 spiro atoms. The number of benzene rings is 1. The van der Waals surface area contributed by atoms with Gasteiger partial charge in [-0.15, -0.1) is 0 Å². The van der Waals surface area contributed by atoms with Gasteiger partial charge in [0.05, 0.1) is 22.6 Å². The van der Waals surface area contributed by atoms with E-state index in [9.17, 15) is 15.2 Å². The van der Waals surface area contributed by atoms with E-state index in [0.717, 1.165) is 22.4 Å². The highest BCUT2D eigenvalue weighted by molar-refractivity contribution is 6.29. The minimum atomic E-state index is -0.963. The lowest BCUT2D eigenvalue weighted by Crippen LogP contribution is -2.32. The Balaban J connectivity index is 1.90. The fourth-order valence-corrected chi connectivity index (χ4v) is 3.64. The first kappa shape index (κ1) is 22.2. The number of nitriles is 1. The number of aromatic nitrogens is 4. The van der Waals surface area contributed by atoms with Crippen molar-refractivity contribution in [2.75, 3.05) is 11.9 Å². The smallest absolute Gasteiger partial charge is 0.310 e. The summed E-state index contributed by atoms with van der Waals surface area (Å²) in [6.07, 6.45) is 1.76. The van der Waals surface area contributed by atoms with E-state index in [1.54, 1.807) is 54.9 Å². The molecule has 0 unspecified atom stereocenters. The van der Waals surface area contributed by atoms with Crippen LogP contribution in [0.5, 0.6) is 0 Å². The molecule has 166 valence electrons.